The maximum absolute atomic E-state index is 12.9. The van der Waals surface area contributed by atoms with Crippen LogP contribution in [0.1, 0.15) is 12.0 Å². The predicted octanol–water partition coefficient (Wildman–Crippen LogP) is 3.73. The summed E-state index contributed by atoms with van der Waals surface area (Å²) in [6.07, 6.45) is 2.54. The monoisotopic (exact) mass is 419 g/mol. The van der Waals surface area contributed by atoms with Gasteiger partial charge in [-0.05, 0) is 42.3 Å². The Kier molecular flexibility index (Phi) is 5.39. The van der Waals surface area contributed by atoms with E-state index in [1.165, 1.54) is 5.41 Å². The Labute approximate surface area is 156 Å². The van der Waals surface area contributed by atoms with E-state index in [0.29, 0.717) is 18.5 Å². The molecule has 0 saturated carbocycles. The number of anilines is 1. The number of carbonyl (C=O) groups excluding carboxylic acids is 1. The van der Waals surface area contributed by atoms with Crippen LogP contribution in [-0.2, 0) is 21.1 Å². The quantitative estimate of drug-likeness (QED) is 0.741. The summed E-state index contributed by atoms with van der Waals surface area (Å²) in [7, 11) is -3.24. The highest BCUT2D eigenvalue weighted by Gasteiger charge is 2.31. The van der Waals surface area contributed by atoms with Crippen LogP contribution >= 0.6 is 15.9 Å². The number of amides is 1. The van der Waals surface area contributed by atoms with Gasteiger partial charge in [-0.2, -0.15) is 0 Å². The lowest BCUT2D eigenvalue weighted by Crippen LogP contribution is -2.41. The van der Waals surface area contributed by atoms with E-state index < -0.39 is 15.9 Å². The van der Waals surface area contributed by atoms with Crippen LogP contribution in [0.5, 0.6) is 0 Å². The Morgan fingerprint density at radius 2 is 1.76 bits per heavy atom. The third-order valence-corrected chi connectivity index (χ3v) is 5.99. The first-order chi connectivity index (χ1) is 11.9. The molecule has 3 rings (SSSR count). The molecule has 1 unspecified atom stereocenters. The van der Waals surface area contributed by atoms with E-state index in [0.717, 1.165) is 10.0 Å². The largest absolute Gasteiger partial charge is 0.304 e. The molecule has 0 aromatic heterocycles. The Balaban J connectivity index is 1.82. The third kappa shape index (κ3) is 4.58. The lowest BCUT2D eigenvalue weighted by Gasteiger charge is -2.28. The van der Waals surface area contributed by atoms with Gasteiger partial charge in [0.25, 0.3) is 0 Å². The van der Waals surface area contributed by atoms with Crippen molar-refractivity contribution in [3.05, 3.63) is 76.1 Å². The number of hydrogen-bond acceptors (Lipinski definition) is 3. The summed E-state index contributed by atoms with van der Waals surface area (Å²) in [6.45, 7) is 0. The summed E-state index contributed by atoms with van der Waals surface area (Å²) in [5.41, 5.74) is 1.79. The zero-order valence-electron chi connectivity index (χ0n) is 13.5. The number of hydrogen-bond donors (Lipinski definition) is 0. The normalized spacial score (nSPS) is 18.2. The standard InChI is InChI=1S/C19H18BrNO3S/c20-16-7-9-17(10-8-16)21(18-12-13-25(23,24)14-18)19(22)11-6-15-4-2-1-3-5-15/h1-5,7-10,12-13,18H,6,11,14H2. The molecule has 6 heteroatoms. The van der Waals surface area contributed by atoms with Crippen LogP contribution in [-0.4, -0.2) is 26.1 Å². The number of benzene rings is 2. The number of carbonyl (C=O) groups is 1. The summed E-state index contributed by atoms with van der Waals surface area (Å²) in [4.78, 5) is 14.5. The van der Waals surface area contributed by atoms with Crippen LogP contribution in [0, 0.1) is 0 Å². The van der Waals surface area contributed by atoms with Crippen molar-refractivity contribution in [2.24, 2.45) is 0 Å². The van der Waals surface area contributed by atoms with Crippen molar-refractivity contribution in [1.82, 2.24) is 0 Å². The molecule has 0 radical (unpaired) electrons. The molecule has 1 aliphatic heterocycles. The average Bonchev–Trinajstić information content (AvgIpc) is 2.95. The molecule has 1 atom stereocenters. The van der Waals surface area contributed by atoms with Gasteiger partial charge in [-0.15, -0.1) is 0 Å². The summed E-state index contributed by atoms with van der Waals surface area (Å²) in [6, 6.07) is 16.7. The first-order valence-electron chi connectivity index (χ1n) is 7.97. The lowest BCUT2D eigenvalue weighted by atomic mass is 10.1. The second-order valence-electron chi connectivity index (χ2n) is 5.95. The van der Waals surface area contributed by atoms with Gasteiger partial charge < -0.3 is 4.90 Å². The van der Waals surface area contributed by atoms with E-state index in [-0.39, 0.29) is 11.7 Å². The van der Waals surface area contributed by atoms with Crippen LogP contribution in [0.25, 0.3) is 0 Å². The molecule has 0 fully saturated rings. The van der Waals surface area contributed by atoms with Crippen molar-refractivity contribution < 1.29 is 13.2 Å². The summed E-state index contributed by atoms with van der Waals surface area (Å²) in [5.74, 6) is -0.155. The number of aryl methyl sites for hydroxylation is 1. The molecule has 0 saturated heterocycles. The van der Waals surface area contributed by atoms with Crippen LogP contribution in [0.4, 0.5) is 5.69 Å². The van der Waals surface area contributed by atoms with Crippen molar-refractivity contribution >= 4 is 37.4 Å². The topological polar surface area (TPSA) is 54.5 Å². The lowest BCUT2D eigenvalue weighted by molar-refractivity contribution is -0.118. The van der Waals surface area contributed by atoms with Gasteiger partial charge in [-0.25, -0.2) is 8.42 Å². The van der Waals surface area contributed by atoms with Crippen molar-refractivity contribution in [1.29, 1.82) is 0 Å². The van der Waals surface area contributed by atoms with Gasteiger partial charge in [0.1, 0.15) is 0 Å². The first-order valence-corrected chi connectivity index (χ1v) is 10.5. The van der Waals surface area contributed by atoms with Gasteiger partial charge in [0.15, 0.2) is 9.84 Å². The van der Waals surface area contributed by atoms with E-state index in [2.05, 4.69) is 15.9 Å². The molecule has 2 aromatic rings. The molecule has 4 nitrogen and oxygen atoms in total. The third-order valence-electron chi connectivity index (χ3n) is 4.09. The van der Waals surface area contributed by atoms with Gasteiger partial charge in [0.05, 0.1) is 11.8 Å². The fourth-order valence-corrected chi connectivity index (χ4v) is 4.39. The molecule has 1 aliphatic rings. The minimum atomic E-state index is -3.24. The maximum atomic E-state index is 12.9. The molecule has 0 aliphatic carbocycles. The van der Waals surface area contributed by atoms with Crippen molar-refractivity contribution in [2.45, 2.75) is 18.9 Å². The second-order valence-corrected chi connectivity index (χ2v) is 8.80. The van der Waals surface area contributed by atoms with Gasteiger partial charge in [-0.3, -0.25) is 4.79 Å². The van der Waals surface area contributed by atoms with Crippen molar-refractivity contribution in [2.75, 3.05) is 10.7 Å². The minimum absolute atomic E-state index is 0.0693. The average molecular weight is 420 g/mol. The Hall–Kier alpha value is -1.92. The molecule has 0 N–H and O–H groups in total. The van der Waals surface area contributed by atoms with Crippen molar-refractivity contribution in [3.8, 4) is 0 Å². The fraction of sp³-hybridized carbons (Fsp3) is 0.211. The zero-order chi connectivity index (χ0) is 17.9. The summed E-state index contributed by atoms with van der Waals surface area (Å²) < 4.78 is 24.5. The van der Waals surface area contributed by atoms with E-state index in [1.54, 1.807) is 11.0 Å². The van der Waals surface area contributed by atoms with Crippen LogP contribution in [0.3, 0.4) is 0 Å². The number of sulfone groups is 1. The van der Waals surface area contributed by atoms with E-state index in [1.807, 2.05) is 54.6 Å². The molecule has 0 spiro atoms. The second kappa shape index (κ2) is 7.54. The molecule has 1 amide bonds. The molecular formula is C19H18BrNO3S. The molecule has 0 bridgehead atoms. The van der Waals surface area contributed by atoms with Gasteiger partial charge in [0.2, 0.25) is 5.91 Å². The Morgan fingerprint density at radius 1 is 1.08 bits per heavy atom. The van der Waals surface area contributed by atoms with E-state index >= 15 is 0 Å². The summed E-state index contributed by atoms with van der Waals surface area (Å²) in [5, 5.41) is 1.20. The van der Waals surface area contributed by atoms with Gasteiger partial charge in [0, 0.05) is 22.0 Å². The Bertz CT molecular complexity index is 877. The van der Waals surface area contributed by atoms with Crippen LogP contribution in [0.15, 0.2) is 70.6 Å². The van der Waals surface area contributed by atoms with E-state index in [9.17, 15) is 13.2 Å². The van der Waals surface area contributed by atoms with E-state index in [4.69, 9.17) is 0 Å². The first kappa shape index (κ1) is 17.9. The van der Waals surface area contributed by atoms with Gasteiger partial charge in [-0.1, -0.05) is 46.3 Å². The molecule has 1 heterocycles. The van der Waals surface area contributed by atoms with Crippen LogP contribution in [0.2, 0.25) is 0 Å². The maximum Gasteiger partial charge on any atom is 0.227 e. The number of halogens is 1. The highest BCUT2D eigenvalue weighted by molar-refractivity contribution is 9.10. The Morgan fingerprint density at radius 3 is 2.36 bits per heavy atom. The number of nitrogens with zero attached hydrogens (tertiary/aromatic N) is 1. The zero-order valence-corrected chi connectivity index (χ0v) is 15.9. The molecular weight excluding hydrogens is 402 g/mol. The van der Waals surface area contributed by atoms with Crippen molar-refractivity contribution in [3.63, 3.8) is 0 Å². The highest BCUT2D eigenvalue weighted by atomic mass is 79.9. The highest BCUT2D eigenvalue weighted by Crippen LogP contribution is 2.25. The minimum Gasteiger partial charge on any atom is -0.304 e. The molecule has 25 heavy (non-hydrogen) atoms. The van der Waals surface area contributed by atoms with Gasteiger partial charge >= 0.3 is 0 Å². The van der Waals surface area contributed by atoms with Crippen LogP contribution < -0.4 is 4.90 Å². The summed E-state index contributed by atoms with van der Waals surface area (Å²) >= 11 is 3.38. The smallest absolute Gasteiger partial charge is 0.227 e. The molecule has 2 aromatic carbocycles. The number of rotatable bonds is 5. The molecule has 130 valence electrons. The predicted molar refractivity (Wildman–Crippen MR) is 103 cm³/mol. The SMILES string of the molecule is O=C(CCc1ccccc1)N(c1ccc(Br)cc1)C1C=CS(=O)(=O)C1. The fourth-order valence-electron chi connectivity index (χ4n) is 2.86.